The number of benzene rings is 1. The number of unbranched alkanes of at least 4 members (excludes halogenated alkanes) is 1. The fourth-order valence-corrected chi connectivity index (χ4v) is 4.09. The number of piperidine rings is 1. The highest BCUT2D eigenvalue weighted by Gasteiger charge is 2.28. The molecule has 5 nitrogen and oxygen atoms in total. The third-order valence-electron chi connectivity index (χ3n) is 5.76. The lowest BCUT2D eigenvalue weighted by atomic mass is 9.86. The molecule has 1 atom stereocenters. The van der Waals surface area contributed by atoms with Gasteiger partial charge in [-0.3, -0.25) is 9.59 Å². The van der Waals surface area contributed by atoms with Gasteiger partial charge in [-0.2, -0.15) is 0 Å². The molecule has 1 saturated heterocycles. The number of H-pyrrole nitrogens is 1. The van der Waals surface area contributed by atoms with Crippen LogP contribution in [0.1, 0.15) is 62.0 Å². The predicted molar refractivity (Wildman–Crippen MR) is 109 cm³/mol. The first-order valence-electron chi connectivity index (χ1n) is 10.1. The molecule has 0 spiro atoms. The van der Waals surface area contributed by atoms with Crippen LogP contribution in [0.2, 0.25) is 0 Å². The van der Waals surface area contributed by atoms with Gasteiger partial charge >= 0.3 is 0 Å². The molecular weight excluding hydrogens is 338 g/mol. The van der Waals surface area contributed by atoms with Crippen LogP contribution < -0.4 is 5.32 Å². The molecule has 1 aromatic heterocycles. The van der Waals surface area contributed by atoms with E-state index in [1.54, 1.807) is 6.92 Å². The van der Waals surface area contributed by atoms with Crippen LogP contribution in [0.25, 0.3) is 10.9 Å². The van der Waals surface area contributed by atoms with E-state index in [9.17, 15) is 9.59 Å². The Kier molecular flexibility index (Phi) is 6.19. The van der Waals surface area contributed by atoms with Crippen molar-refractivity contribution in [3.63, 3.8) is 0 Å². The van der Waals surface area contributed by atoms with Crippen LogP contribution in [-0.4, -0.2) is 40.8 Å². The minimum Gasteiger partial charge on any atom is -0.351 e. The molecule has 0 bridgehead atoms. The Morgan fingerprint density at radius 1 is 1.26 bits per heavy atom. The van der Waals surface area contributed by atoms with Gasteiger partial charge in [0, 0.05) is 37.0 Å². The smallest absolute Gasteiger partial charge is 0.267 e. The quantitative estimate of drug-likeness (QED) is 0.807. The number of aromatic nitrogens is 1. The summed E-state index contributed by atoms with van der Waals surface area (Å²) in [5, 5.41) is 4.35. The van der Waals surface area contributed by atoms with Crippen molar-refractivity contribution in [1.82, 2.24) is 15.2 Å². The summed E-state index contributed by atoms with van der Waals surface area (Å²) in [6.07, 6.45) is 5.13. The Balaban J connectivity index is 1.69. The van der Waals surface area contributed by atoms with Gasteiger partial charge in [-0.05, 0) is 50.3 Å². The van der Waals surface area contributed by atoms with Crippen molar-refractivity contribution >= 4 is 22.7 Å². The number of aromatic amines is 1. The molecule has 27 heavy (non-hydrogen) atoms. The monoisotopic (exact) mass is 369 g/mol. The molecule has 2 aromatic rings. The zero-order valence-corrected chi connectivity index (χ0v) is 16.7. The van der Waals surface area contributed by atoms with Crippen LogP contribution in [0.3, 0.4) is 0 Å². The summed E-state index contributed by atoms with van der Waals surface area (Å²) in [4.78, 5) is 29.6. The fourth-order valence-electron chi connectivity index (χ4n) is 4.09. The highest BCUT2D eigenvalue weighted by Crippen LogP contribution is 2.25. The number of aryl methyl sites for hydroxylation is 1. The molecule has 1 aliphatic rings. The molecule has 2 N–H and O–H groups in total. The number of likely N-dealkylation sites (tertiary alicyclic amines) is 1. The molecule has 3 rings (SSSR count). The molecule has 0 radical (unpaired) electrons. The normalized spacial score (nSPS) is 16.5. The number of rotatable bonds is 6. The van der Waals surface area contributed by atoms with E-state index in [4.69, 9.17) is 0 Å². The molecule has 2 amide bonds. The number of carbonyl (C=O) groups is 2. The molecule has 2 heterocycles. The molecule has 146 valence electrons. The number of nitrogens with one attached hydrogen (secondary N) is 2. The Hall–Kier alpha value is -2.30. The summed E-state index contributed by atoms with van der Waals surface area (Å²) >= 11 is 0. The summed E-state index contributed by atoms with van der Waals surface area (Å²) in [6, 6.07) is 8.27. The van der Waals surface area contributed by atoms with Gasteiger partial charge in [-0.15, -0.1) is 0 Å². The van der Waals surface area contributed by atoms with E-state index in [1.807, 2.05) is 23.1 Å². The van der Waals surface area contributed by atoms with Crippen LogP contribution in [0, 0.1) is 12.8 Å². The van der Waals surface area contributed by atoms with Gasteiger partial charge in [-0.25, -0.2) is 0 Å². The van der Waals surface area contributed by atoms with E-state index >= 15 is 0 Å². The second kappa shape index (κ2) is 8.59. The molecule has 0 saturated carbocycles. The van der Waals surface area contributed by atoms with Gasteiger partial charge in [0.2, 0.25) is 5.91 Å². The summed E-state index contributed by atoms with van der Waals surface area (Å²) in [5.74, 6) is 0.553. The van der Waals surface area contributed by atoms with Crippen molar-refractivity contribution in [3.05, 3.63) is 35.5 Å². The SMILES string of the molecule is CCCCC(NC(=O)c1cc2cc(C)ccc2[nH]1)C1CCN(C(C)=O)CC1. The second-order valence-electron chi connectivity index (χ2n) is 7.84. The summed E-state index contributed by atoms with van der Waals surface area (Å²) in [5.41, 5.74) is 2.80. The molecule has 1 fully saturated rings. The number of nitrogens with zero attached hydrogens (tertiary/aromatic N) is 1. The number of amides is 2. The zero-order valence-electron chi connectivity index (χ0n) is 16.7. The van der Waals surface area contributed by atoms with E-state index in [2.05, 4.69) is 30.2 Å². The van der Waals surface area contributed by atoms with E-state index in [-0.39, 0.29) is 17.9 Å². The van der Waals surface area contributed by atoms with Crippen molar-refractivity contribution in [2.75, 3.05) is 13.1 Å². The highest BCUT2D eigenvalue weighted by molar-refractivity contribution is 5.98. The molecule has 1 unspecified atom stereocenters. The van der Waals surface area contributed by atoms with Crippen LogP contribution in [0.5, 0.6) is 0 Å². The lowest BCUT2D eigenvalue weighted by Gasteiger charge is -2.36. The largest absolute Gasteiger partial charge is 0.351 e. The van der Waals surface area contributed by atoms with E-state index in [0.717, 1.165) is 56.1 Å². The van der Waals surface area contributed by atoms with Gasteiger partial charge in [0.15, 0.2) is 0 Å². The molecule has 1 aliphatic heterocycles. The van der Waals surface area contributed by atoms with Crippen molar-refractivity contribution in [2.45, 2.75) is 58.9 Å². The number of carbonyl (C=O) groups excluding carboxylic acids is 2. The Morgan fingerprint density at radius 3 is 2.67 bits per heavy atom. The van der Waals surface area contributed by atoms with Crippen molar-refractivity contribution < 1.29 is 9.59 Å². The van der Waals surface area contributed by atoms with Gasteiger partial charge in [0.1, 0.15) is 5.69 Å². The Labute approximate surface area is 161 Å². The molecular formula is C22H31N3O2. The maximum absolute atomic E-state index is 12.9. The van der Waals surface area contributed by atoms with E-state index in [0.29, 0.717) is 11.6 Å². The average molecular weight is 370 g/mol. The third kappa shape index (κ3) is 4.71. The number of fused-ring (bicyclic) bond motifs is 1. The number of hydrogen-bond acceptors (Lipinski definition) is 2. The van der Waals surface area contributed by atoms with Crippen molar-refractivity contribution in [3.8, 4) is 0 Å². The maximum Gasteiger partial charge on any atom is 0.267 e. The maximum atomic E-state index is 12.9. The number of hydrogen-bond donors (Lipinski definition) is 2. The van der Waals surface area contributed by atoms with Crippen LogP contribution in [0.4, 0.5) is 0 Å². The molecule has 1 aromatic carbocycles. The van der Waals surface area contributed by atoms with E-state index < -0.39 is 0 Å². The highest BCUT2D eigenvalue weighted by atomic mass is 16.2. The summed E-state index contributed by atoms with van der Waals surface area (Å²) in [6.45, 7) is 7.46. The zero-order chi connectivity index (χ0) is 19.4. The first-order valence-corrected chi connectivity index (χ1v) is 10.1. The molecule has 0 aliphatic carbocycles. The minimum absolute atomic E-state index is 0.0287. The minimum atomic E-state index is -0.0287. The fraction of sp³-hybridized carbons (Fsp3) is 0.545. The Morgan fingerprint density at radius 2 is 2.00 bits per heavy atom. The third-order valence-corrected chi connectivity index (χ3v) is 5.76. The summed E-state index contributed by atoms with van der Waals surface area (Å²) in [7, 11) is 0. The summed E-state index contributed by atoms with van der Waals surface area (Å²) < 4.78 is 0. The van der Waals surface area contributed by atoms with Crippen molar-refractivity contribution in [1.29, 1.82) is 0 Å². The van der Waals surface area contributed by atoms with Crippen LogP contribution in [-0.2, 0) is 4.79 Å². The first-order chi connectivity index (χ1) is 13.0. The Bertz CT molecular complexity index is 803. The lowest BCUT2D eigenvalue weighted by Crippen LogP contribution is -2.46. The van der Waals surface area contributed by atoms with Gasteiger partial charge in [0.05, 0.1) is 0 Å². The van der Waals surface area contributed by atoms with Gasteiger partial charge in [0.25, 0.3) is 5.91 Å². The standard InChI is InChI=1S/C22H31N3O2/c1-4-5-6-19(17-9-11-25(12-10-17)16(3)26)24-22(27)21-14-18-13-15(2)7-8-20(18)23-21/h7-8,13-14,17,19,23H,4-6,9-12H2,1-3H3,(H,24,27). The predicted octanol–water partition coefficient (Wildman–Crippen LogP) is 4.02. The topological polar surface area (TPSA) is 65.2 Å². The van der Waals surface area contributed by atoms with Gasteiger partial charge in [-0.1, -0.05) is 31.4 Å². The lowest BCUT2D eigenvalue weighted by molar-refractivity contribution is -0.130. The second-order valence-corrected chi connectivity index (χ2v) is 7.84. The van der Waals surface area contributed by atoms with E-state index in [1.165, 1.54) is 5.56 Å². The first kappa shape index (κ1) is 19.5. The van der Waals surface area contributed by atoms with Crippen molar-refractivity contribution in [2.24, 2.45) is 5.92 Å². The van der Waals surface area contributed by atoms with Crippen LogP contribution >= 0.6 is 0 Å². The van der Waals surface area contributed by atoms with Crippen LogP contribution in [0.15, 0.2) is 24.3 Å². The van der Waals surface area contributed by atoms with Gasteiger partial charge < -0.3 is 15.2 Å². The average Bonchev–Trinajstić information content (AvgIpc) is 3.08. The molecule has 5 heteroatoms.